The second-order valence-electron chi connectivity index (χ2n) is 7.03. The number of thiazole rings is 1. The lowest BCUT2D eigenvalue weighted by atomic mass is 10.1. The van der Waals surface area contributed by atoms with Crippen LogP contribution in [-0.4, -0.2) is 27.4 Å². The fourth-order valence-electron chi connectivity index (χ4n) is 3.36. The molecular formula is C22H23N3O2S2. The fourth-order valence-corrected chi connectivity index (χ4v) is 4.92. The van der Waals surface area contributed by atoms with Gasteiger partial charge >= 0.3 is 0 Å². The molecule has 0 aliphatic carbocycles. The second kappa shape index (κ2) is 8.90. The number of methoxy groups -OCH3 is 1. The van der Waals surface area contributed by atoms with E-state index in [0.29, 0.717) is 12.6 Å². The van der Waals surface area contributed by atoms with E-state index in [1.54, 1.807) is 35.1 Å². The van der Waals surface area contributed by atoms with Gasteiger partial charge in [0.1, 0.15) is 5.75 Å². The van der Waals surface area contributed by atoms with Crippen molar-refractivity contribution in [3.8, 4) is 5.75 Å². The third-order valence-corrected chi connectivity index (χ3v) is 6.62. The molecule has 1 atom stereocenters. The third kappa shape index (κ3) is 4.75. The Morgan fingerprint density at radius 3 is 2.69 bits per heavy atom. The van der Waals surface area contributed by atoms with Crippen molar-refractivity contribution in [3.63, 3.8) is 0 Å². The summed E-state index contributed by atoms with van der Waals surface area (Å²) >= 11 is 3.27. The van der Waals surface area contributed by atoms with Crippen LogP contribution >= 0.6 is 22.7 Å². The molecule has 0 saturated carbocycles. The van der Waals surface area contributed by atoms with Crippen molar-refractivity contribution >= 4 is 27.6 Å². The quantitative estimate of drug-likeness (QED) is 0.418. The normalized spacial score (nSPS) is 12.5. The van der Waals surface area contributed by atoms with Gasteiger partial charge in [0, 0.05) is 41.7 Å². The van der Waals surface area contributed by atoms with Gasteiger partial charge in [0.15, 0.2) is 4.96 Å². The average molecular weight is 426 g/mol. The predicted molar refractivity (Wildman–Crippen MR) is 119 cm³/mol. The molecule has 1 aromatic carbocycles. The van der Waals surface area contributed by atoms with Crippen LogP contribution in [-0.2, 0) is 19.5 Å². The molecule has 4 aromatic rings. The SMILES string of the molecule is COc1ccc(CN(Cc2cc(=O)n3ccsc3n2)[C@H](C)Cc2cccs2)cc1. The van der Waals surface area contributed by atoms with Gasteiger partial charge in [-0.3, -0.25) is 14.1 Å². The van der Waals surface area contributed by atoms with E-state index in [4.69, 9.17) is 9.72 Å². The zero-order valence-electron chi connectivity index (χ0n) is 16.4. The van der Waals surface area contributed by atoms with Gasteiger partial charge in [-0.15, -0.1) is 22.7 Å². The third-order valence-electron chi connectivity index (χ3n) is 4.97. The van der Waals surface area contributed by atoms with Gasteiger partial charge in [-0.1, -0.05) is 18.2 Å². The topological polar surface area (TPSA) is 46.8 Å². The van der Waals surface area contributed by atoms with Gasteiger partial charge in [-0.2, -0.15) is 0 Å². The molecule has 3 aromatic heterocycles. The summed E-state index contributed by atoms with van der Waals surface area (Å²) in [6.45, 7) is 3.64. The predicted octanol–water partition coefficient (Wildman–Crippen LogP) is 4.46. The largest absolute Gasteiger partial charge is 0.497 e. The molecule has 0 saturated heterocycles. The van der Waals surface area contributed by atoms with Crippen molar-refractivity contribution in [2.45, 2.75) is 32.5 Å². The lowest BCUT2D eigenvalue weighted by Crippen LogP contribution is -2.34. The summed E-state index contributed by atoms with van der Waals surface area (Å²) in [6, 6.07) is 14.4. The van der Waals surface area contributed by atoms with Crippen molar-refractivity contribution in [2.75, 3.05) is 7.11 Å². The first-order valence-electron chi connectivity index (χ1n) is 9.47. The minimum atomic E-state index is -0.0263. The zero-order chi connectivity index (χ0) is 20.2. The molecule has 0 spiro atoms. The molecule has 3 heterocycles. The van der Waals surface area contributed by atoms with E-state index in [0.717, 1.165) is 29.4 Å². The van der Waals surface area contributed by atoms with E-state index in [1.807, 2.05) is 17.5 Å². The maximum atomic E-state index is 12.4. The van der Waals surface area contributed by atoms with Crippen LogP contribution in [0.25, 0.3) is 4.96 Å². The summed E-state index contributed by atoms with van der Waals surface area (Å²) in [5.41, 5.74) is 1.99. The van der Waals surface area contributed by atoms with E-state index in [1.165, 1.54) is 21.8 Å². The number of thiophene rings is 1. The fraction of sp³-hybridized carbons (Fsp3) is 0.273. The van der Waals surface area contributed by atoms with Crippen molar-refractivity contribution in [1.82, 2.24) is 14.3 Å². The van der Waals surface area contributed by atoms with Gasteiger partial charge in [0.25, 0.3) is 5.56 Å². The van der Waals surface area contributed by atoms with E-state index in [9.17, 15) is 4.79 Å². The number of aromatic nitrogens is 2. The number of fused-ring (bicyclic) bond motifs is 1. The second-order valence-corrected chi connectivity index (χ2v) is 8.93. The monoisotopic (exact) mass is 425 g/mol. The maximum Gasteiger partial charge on any atom is 0.258 e. The summed E-state index contributed by atoms with van der Waals surface area (Å²) < 4.78 is 6.87. The van der Waals surface area contributed by atoms with Gasteiger partial charge in [0.2, 0.25) is 0 Å². The molecule has 0 bridgehead atoms. The van der Waals surface area contributed by atoms with Crippen molar-refractivity contribution in [2.24, 2.45) is 0 Å². The molecule has 0 amide bonds. The molecule has 150 valence electrons. The van der Waals surface area contributed by atoms with E-state index in [-0.39, 0.29) is 5.56 Å². The van der Waals surface area contributed by atoms with Crippen LogP contribution in [0.4, 0.5) is 0 Å². The van der Waals surface area contributed by atoms with Crippen molar-refractivity contribution in [3.05, 3.63) is 85.9 Å². The first-order chi connectivity index (χ1) is 14.1. The summed E-state index contributed by atoms with van der Waals surface area (Å²) in [5.74, 6) is 0.852. The summed E-state index contributed by atoms with van der Waals surface area (Å²) in [7, 11) is 1.68. The summed E-state index contributed by atoms with van der Waals surface area (Å²) in [4.78, 5) is 21.6. The summed E-state index contributed by atoms with van der Waals surface area (Å²) in [5, 5.41) is 4.01. The minimum Gasteiger partial charge on any atom is -0.497 e. The van der Waals surface area contributed by atoms with Crippen LogP contribution in [0.15, 0.2) is 64.2 Å². The highest BCUT2D eigenvalue weighted by atomic mass is 32.1. The molecule has 0 radical (unpaired) electrons. The van der Waals surface area contributed by atoms with Crippen LogP contribution in [0, 0.1) is 0 Å². The zero-order valence-corrected chi connectivity index (χ0v) is 18.1. The number of hydrogen-bond acceptors (Lipinski definition) is 6. The van der Waals surface area contributed by atoms with Gasteiger partial charge in [-0.25, -0.2) is 4.98 Å². The molecule has 0 aliphatic rings. The maximum absolute atomic E-state index is 12.4. The molecule has 0 N–H and O–H groups in total. The molecule has 0 fully saturated rings. The van der Waals surface area contributed by atoms with Crippen LogP contribution in [0.5, 0.6) is 5.75 Å². The Morgan fingerprint density at radius 2 is 1.97 bits per heavy atom. The van der Waals surface area contributed by atoms with Crippen LogP contribution in [0.3, 0.4) is 0 Å². The number of ether oxygens (including phenoxy) is 1. The molecule has 29 heavy (non-hydrogen) atoms. The van der Waals surface area contributed by atoms with Crippen molar-refractivity contribution < 1.29 is 4.74 Å². The molecule has 4 rings (SSSR count). The number of hydrogen-bond donors (Lipinski definition) is 0. The molecule has 5 nitrogen and oxygen atoms in total. The molecular weight excluding hydrogens is 402 g/mol. The number of benzene rings is 1. The van der Waals surface area contributed by atoms with E-state index in [2.05, 4.69) is 41.5 Å². The lowest BCUT2D eigenvalue weighted by Gasteiger charge is -2.29. The standard InChI is InChI=1S/C22H23N3O2S2/c1-16(12-20-4-3-10-28-20)24(14-17-5-7-19(27-2)8-6-17)15-18-13-21(26)25-9-11-29-22(25)23-18/h3-11,13,16H,12,14-15H2,1-2H3/t16-/m1/s1. The Kier molecular flexibility index (Phi) is 6.08. The Labute approximate surface area is 177 Å². The van der Waals surface area contributed by atoms with Crippen LogP contribution in [0.1, 0.15) is 23.1 Å². The average Bonchev–Trinajstić information content (AvgIpc) is 3.40. The van der Waals surface area contributed by atoms with E-state index >= 15 is 0 Å². The highest BCUT2D eigenvalue weighted by molar-refractivity contribution is 7.15. The highest BCUT2D eigenvalue weighted by Gasteiger charge is 2.18. The van der Waals surface area contributed by atoms with E-state index < -0.39 is 0 Å². The Balaban J connectivity index is 1.59. The van der Waals surface area contributed by atoms with Crippen LogP contribution in [0.2, 0.25) is 0 Å². The number of rotatable bonds is 8. The van der Waals surface area contributed by atoms with Crippen LogP contribution < -0.4 is 10.3 Å². The molecule has 7 heteroatoms. The van der Waals surface area contributed by atoms with Gasteiger partial charge in [-0.05, 0) is 42.5 Å². The smallest absolute Gasteiger partial charge is 0.258 e. The molecule has 0 aliphatic heterocycles. The number of nitrogens with zero attached hydrogens (tertiary/aromatic N) is 3. The first-order valence-corrected chi connectivity index (χ1v) is 11.2. The Morgan fingerprint density at radius 1 is 1.14 bits per heavy atom. The van der Waals surface area contributed by atoms with Crippen molar-refractivity contribution in [1.29, 1.82) is 0 Å². The lowest BCUT2D eigenvalue weighted by molar-refractivity contribution is 0.188. The minimum absolute atomic E-state index is 0.0263. The Bertz CT molecular complexity index is 1120. The highest BCUT2D eigenvalue weighted by Crippen LogP contribution is 2.20. The van der Waals surface area contributed by atoms with Gasteiger partial charge in [0.05, 0.1) is 12.8 Å². The Hall–Kier alpha value is -2.48. The summed E-state index contributed by atoms with van der Waals surface area (Å²) in [6.07, 6.45) is 2.74. The first kappa shape index (κ1) is 19.8. The molecule has 0 unspecified atom stereocenters. The van der Waals surface area contributed by atoms with Gasteiger partial charge < -0.3 is 4.74 Å².